The molecule has 0 aliphatic carbocycles. The minimum absolute atomic E-state index is 0.127. The fourth-order valence-corrected chi connectivity index (χ4v) is 2.51. The topological polar surface area (TPSA) is 138 Å². The Hall–Kier alpha value is -3.20. The second-order valence-electron chi connectivity index (χ2n) is 6.09. The number of nitro groups is 1. The van der Waals surface area contributed by atoms with Gasteiger partial charge in [0.2, 0.25) is 0 Å². The van der Waals surface area contributed by atoms with E-state index in [0.717, 1.165) is 0 Å². The number of nitro benzene ring substituents is 1. The number of esters is 1. The maximum Gasteiger partial charge on any atom is 0.308 e. The zero-order valence-electron chi connectivity index (χ0n) is 15.0. The van der Waals surface area contributed by atoms with Gasteiger partial charge in [0.05, 0.1) is 41.2 Å². The van der Waals surface area contributed by atoms with E-state index in [-0.39, 0.29) is 35.9 Å². The van der Waals surface area contributed by atoms with Crippen LogP contribution in [0.5, 0.6) is 0 Å². The van der Waals surface area contributed by atoms with E-state index >= 15 is 0 Å². The SMILES string of the molecule is CC(C)OC(=O)CC(NC(=O)c1coc(CN)c1)c1ccccc1[N+](=O)[O-]. The fourth-order valence-electron chi connectivity index (χ4n) is 2.51. The summed E-state index contributed by atoms with van der Waals surface area (Å²) >= 11 is 0. The number of carbonyl (C=O) groups is 2. The first-order valence-electron chi connectivity index (χ1n) is 8.33. The molecule has 0 saturated carbocycles. The number of carbonyl (C=O) groups excluding carboxylic acids is 2. The number of ether oxygens (including phenoxy) is 1. The van der Waals surface area contributed by atoms with E-state index in [0.29, 0.717) is 5.76 Å². The summed E-state index contributed by atoms with van der Waals surface area (Å²) < 4.78 is 10.2. The number of nitrogens with zero attached hydrogens (tertiary/aromatic N) is 1. The van der Waals surface area contributed by atoms with Crippen LogP contribution in [-0.4, -0.2) is 22.9 Å². The van der Waals surface area contributed by atoms with Gasteiger partial charge in [-0.05, 0) is 19.9 Å². The van der Waals surface area contributed by atoms with Crippen LogP contribution in [0.25, 0.3) is 0 Å². The lowest BCUT2D eigenvalue weighted by molar-refractivity contribution is -0.385. The van der Waals surface area contributed by atoms with Gasteiger partial charge < -0.3 is 20.2 Å². The molecule has 0 aliphatic heterocycles. The largest absolute Gasteiger partial charge is 0.467 e. The molecule has 9 nitrogen and oxygen atoms in total. The molecule has 9 heteroatoms. The summed E-state index contributed by atoms with van der Waals surface area (Å²) in [4.78, 5) is 35.4. The molecule has 1 atom stereocenters. The first-order chi connectivity index (χ1) is 12.8. The van der Waals surface area contributed by atoms with Crippen molar-refractivity contribution in [2.24, 2.45) is 5.73 Å². The Kier molecular flexibility index (Phi) is 6.67. The molecule has 0 radical (unpaired) electrons. The number of hydrogen-bond donors (Lipinski definition) is 2. The number of hydrogen-bond acceptors (Lipinski definition) is 7. The standard InChI is InChI=1S/C18H21N3O6/c1-11(2)27-17(22)8-15(14-5-3-4-6-16(14)21(24)25)20-18(23)12-7-13(9-19)26-10-12/h3-7,10-11,15H,8-9,19H2,1-2H3,(H,20,23). The van der Waals surface area contributed by atoms with Crippen molar-refractivity contribution in [2.45, 2.75) is 39.0 Å². The third kappa shape index (κ3) is 5.38. The van der Waals surface area contributed by atoms with E-state index in [1.54, 1.807) is 19.9 Å². The highest BCUT2D eigenvalue weighted by atomic mass is 16.6. The van der Waals surface area contributed by atoms with Crippen molar-refractivity contribution in [3.63, 3.8) is 0 Å². The summed E-state index contributed by atoms with van der Waals surface area (Å²) in [7, 11) is 0. The van der Waals surface area contributed by atoms with Crippen LogP contribution < -0.4 is 11.1 Å². The molecule has 1 aromatic carbocycles. The molecule has 0 aliphatic rings. The van der Waals surface area contributed by atoms with E-state index in [4.69, 9.17) is 14.9 Å². The first-order valence-corrected chi connectivity index (χ1v) is 8.33. The molecule has 27 heavy (non-hydrogen) atoms. The zero-order valence-corrected chi connectivity index (χ0v) is 15.0. The molecule has 0 spiro atoms. The predicted molar refractivity (Wildman–Crippen MR) is 95.7 cm³/mol. The van der Waals surface area contributed by atoms with Crippen LogP contribution in [0, 0.1) is 10.1 Å². The van der Waals surface area contributed by atoms with Crippen molar-refractivity contribution in [1.29, 1.82) is 0 Å². The van der Waals surface area contributed by atoms with Crippen LogP contribution in [0.4, 0.5) is 5.69 Å². The molecule has 0 bridgehead atoms. The highest BCUT2D eigenvalue weighted by molar-refractivity contribution is 5.94. The van der Waals surface area contributed by atoms with Crippen LogP contribution in [0.15, 0.2) is 41.0 Å². The first kappa shape index (κ1) is 20.1. The fraction of sp³-hybridized carbons (Fsp3) is 0.333. The van der Waals surface area contributed by atoms with Crippen molar-refractivity contribution in [3.8, 4) is 0 Å². The maximum absolute atomic E-state index is 12.5. The molecule has 144 valence electrons. The Morgan fingerprint density at radius 1 is 1.33 bits per heavy atom. The Labute approximate surface area is 155 Å². The van der Waals surface area contributed by atoms with Crippen molar-refractivity contribution < 1.29 is 23.7 Å². The number of nitrogens with one attached hydrogen (secondary N) is 1. The molecule has 2 rings (SSSR count). The van der Waals surface area contributed by atoms with Crippen LogP contribution in [0.1, 0.15) is 48.0 Å². The summed E-state index contributed by atoms with van der Waals surface area (Å²) in [5.74, 6) is -0.705. The molecule has 1 aromatic heterocycles. The molecule has 2 aromatic rings. The van der Waals surface area contributed by atoms with E-state index in [1.165, 1.54) is 30.5 Å². The molecule has 1 unspecified atom stereocenters. The van der Waals surface area contributed by atoms with Gasteiger partial charge >= 0.3 is 5.97 Å². The van der Waals surface area contributed by atoms with Gasteiger partial charge in [-0.25, -0.2) is 0 Å². The van der Waals surface area contributed by atoms with Crippen molar-refractivity contribution in [1.82, 2.24) is 5.32 Å². The molecular formula is C18H21N3O6. The lowest BCUT2D eigenvalue weighted by Crippen LogP contribution is -2.31. The number of benzene rings is 1. The van der Waals surface area contributed by atoms with Crippen LogP contribution in [0.2, 0.25) is 0 Å². The molecule has 1 heterocycles. The average molecular weight is 375 g/mol. The Balaban J connectivity index is 2.31. The van der Waals surface area contributed by atoms with Crippen molar-refractivity contribution in [2.75, 3.05) is 0 Å². The van der Waals surface area contributed by atoms with Gasteiger partial charge in [-0.15, -0.1) is 0 Å². The van der Waals surface area contributed by atoms with Gasteiger partial charge in [-0.2, -0.15) is 0 Å². The third-order valence-corrected chi connectivity index (χ3v) is 3.67. The van der Waals surface area contributed by atoms with E-state index in [2.05, 4.69) is 5.32 Å². The Bertz CT molecular complexity index is 830. The molecular weight excluding hydrogens is 354 g/mol. The second kappa shape index (κ2) is 8.95. The van der Waals surface area contributed by atoms with Gasteiger partial charge in [-0.1, -0.05) is 18.2 Å². The summed E-state index contributed by atoms with van der Waals surface area (Å²) in [6.45, 7) is 3.51. The number of para-hydroxylation sites is 1. The molecule has 0 fully saturated rings. The lowest BCUT2D eigenvalue weighted by Gasteiger charge is -2.19. The minimum Gasteiger partial charge on any atom is -0.467 e. The Morgan fingerprint density at radius 3 is 2.63 bits per heavy atom. The van der Waals surface area contributed by atoms with Crippen LogP contribution >= 0.6 is 0 Å². The van der Waals surface area contributed by atoms with Gasteiger partial charge in [-0.3, -0.25) is 19.7 Å². The summed E-state index contributed by atoms with van der Waals surface area (Å²) in [6, 6.07) is 6.44. The highest BCUT2D eigenvalue weighted by Gasteiger charge is 2.27. The van der Waals surface area contributed by atoms with Crippen LogP contribution in [-0.2, 0) is 16.1 Å². The van der Waals surface area contributed by atoms with Crippen LogP contribution in [0.3, 0.4) is 0 Å². The smallest absolute Gasteiger partial charge is 0.308 e. The zero-order chi connectivity index (χ0) is 20.0. The number of nitrogens with two attached hydrogens (primary N) is 1. The number of rotatable bonds is 8. The molecule has 3 N–H and O–H groups in total. The van der Waals surface area contributed by atoms with Crippen molar-refractivity contribution in [3.05, 3.63) is 63.6 Å². The van der Waals surface area contributed by atoms with E-state index in [9.17, 15) is 19.7 Å². The maximum atomic E-state index is 12.5. The average Bonchev–Trinajstić information content (AvgIpc) is 3.09. The quantitative estimate of drug-likeness (QED) is 0.410. The van der Waals surface area contributed by atoms with E-state index in [1.807, 2.05) is 0 Å². The van der Waals surface area contributed by atoms with E-state index < -0.39 is 22.8 Å². The summed E-state index contributed by atoms with van der Waals surface area (Å²) in [5.41, 5.74) is 5.67. The van der Waals surface area contributed by atoms with Crippen molar-refractivity contribution >= 4 is 17.6 Å². The third-order valence-electron chi connectivity index (χ3n) is 3.67. The second-order valence-corrected chi connectivity index (χ2v) is 6.09. The lowest BCUT2D eigenvalue weighted by atomic mass is 10.0. The van der Waals surface area contributed by atoms with Gasteiger partial charge in [0.25, 0.3) is 11.6 Å². The molecule has 1 amide bonds. The van der Waals surface area contributed by atoms with Gasteiger partial charge in [0.1, 0.15) is 12.0 Å². The van der Waals surface area contributed by atoms with Gasteiger partial charge in [0, 0.05) is 6.07 Å². The normalized spacial score (nSPS) is 11.9. The number of furan rings is 1. The summed E-state index contributed by atoms with van der Waals surface area (Å²) in [5, 5.41) is 14.0. The predicted octanol–water partition coefficient (Wildman–Crippen LogP) is 2.46. The summed E-state index contributed by atoms with van der Waals surface area (Å²) in [6.07, 6.45) is 0.636. The Morgan fingerprint density at radius 2 is 2.04 bits per heavy atom. The minimum atomic E-state index is -0.943. The molecule has 0 saturated heterocycles. The van der Waals surface area contributed by atoms with Gasteiger partial charge in [0.15, 0.2) is 0 Å². The monoisotopic (exact) mass is 375 g/mol. The highest BCUT2D eigenvalue weighted by Crippen LogP contribution is 2.28. The number of amides is 1.